The minimum atomic E-state index is -3.18. The molecule has 0 fully saturated rings. The number of hydrogen-bond donors (Lipinski definition) is 1. The van der Waals surface area contributed by atoms with Crippen LogP contribution in [0.1, 0.15) is 4.88 Å². The Kier molecular flexibility index (Phi) is 4.40. The zero-order valence-electron chi connectivity index (χ0n) is 12.4. The maximum absolute atomic E-state index is 11.5. The molecule has 3 rings (SSSR count). The first-order chi connectivity index (χ1) is 11.0. The van der Waals surface area contributed by atoms with Crippen molar-refractivity contribution in [3.05, 3.63) is 58.9 Å². The van der Waals surface area contributed by atoms with Crippen LogP contribution in [0.15, 0.2) is 58.9 Å². The Balaban J connectivity index is 1.79. The summed E-state index contributed by atoms with van der Waals surface area (Å²) in [6.07, 6.45) is 2.86. The molecule has 0 saturated carbocycles. The maximum Gasteiger partial charge on any atom is 0.175 e. The van der Waals surface area contributed by atoms with Gasteiger partial charge < -0.3 is 5.32 Å². The number of aromatic nitrogens is 2. The predicted octanol–water partition coefficient (Wildman–Crippen LogP) is 3.22. The van der Waals surface area contributed by atoms with Gasteiger partial charge >= 0.3 is 0 Å². The van der Waals surface area contributed by atoms with E-state index in [2.05, 4.69) is 21.6 Å². The van der Waals surface area contributed by atoms with Crippen LogP contribution in [-0.2, 0) is 16.4 Å². The first-order valence-electron chi connectivity index (χ1n) is 6.92. The lowest BCUT2D eigenvalue weighted by Gasteiger charge is -2.06. The normalized spacial score (nSPS) is 11.3. The Labute approximate surface area is 138 Å². The first kappa shape index (κ1) is 15.6. The smallest absolute Gasteiger partial charge is 0.175 e. The number of benzene rings is 1. The summed E-state index contributed by atoms with van der Waals surface area (Å²) in [7, 11) is -3.18. The third-order valence-electron chi connectivity index (χ3n) is 3.29. The van der Waals surface area contributed by atoms with Crippen molar-refractivity contribution in [2.45, 2.75) is 11.4 Å². The van der Waals surface area contributed by atoms with E-state index in [4.69, 9.17) is 0 Å². The molecule has 23 heavy (non-hydrogen) atoms. The van der Waals surface area contributed by atoms with Gasteiger partial charge in [-0.1, -0.05) is 18.2 Å². The summed E-state index contributed by atoms with van der Waals surface area (Å²) in [5, 5.41) is 13.3. The Bertz CT molecular complexity index is 889. The molecule has 0 saturated heterocycles. The molecule has 1 N–H and O–H groups in total. The Morgan fingerprint density at radius 3 is 2.57 bits per heavy atom. The van der Waals surface area contributed by atoms with Crippen LogP contribution in [0.3, 0.4) is 0 Å². The number of thiophene rings is 1. The average Bonchev–Trinajstić information content (AvgIpc) is 3.06. The summed E-state index contributed by atoms with van der Waals surface area (Å²) in [6.45, 7) is 0.697. The average molecular weight is 345 g/mol. The van der Waals surface area contributed by atoms with E-state index in [0.717, 1.165) is 11.1 Å². The lowest BCUT2D eigenvalue weighted by atomic mass is 10.1. The first-order valence-corrected chi connectivity index (χ1v) is 9.69. The van der Waals surface area contributed by atoms with E-state index in [1.165, 1.54) is 11.1 Å². The van der Waals surface area contributed by atoms with Gasteiger partial charge in [-0.3, -0.25) is 0 Å². The Hall–Kier alpha value is -2.25. The molecular weight excluding hydrogens is 330 g/mol. The molecular formula is C16H15N3O2S2. The van der Waals surface area contributed by atoms with Crippen molar-refractivity contribution in [2.75, 3.05) is 11.6 Å². The van der Waals surface area contributed by atoms with Crippen LogP contribution in [0, 0.1) is 0 Å². The molecule has 1 aromatic carbocycles. The monoisotopic (exact) mass is 345 g/mol. The van der Waals surface area contributed by atoms with Crippen molar-refractivity contribution >= 4 is 27.0 Å². The highest BCUT2D eigenvalue weighted by molar-refractivity contribution is 7.90. The molecule has 0 aliphatic rings. The van der Waals surface area contributed by atoms with Crippen molar-refractivity contribution in [3.8, 4) is 11.1 Å². The number of nitrogens with zero attached hydrogens (tertiary/aromatic N) is 2. The quantitative estimate of drug-likeness (QED) is 0.769. The van der Waals surface area contributed by atoms with Crippen LogP contribution in [-0.4, -0.2) is 24.9 Å². The summed E-state index contributed by atoms with van der Waals surface area (Å²) < 4.78 is 23.0. The largest absolute Gasteiger partial charge is 0.364 e. The third-order valence-corrected chi connectivity index (χ3v) is 5.30. The molecule has 0 spiro atoms. The minimum Gasteiger partial charge on any atom is -0.364 e. The van der Waals surface area contributed by atoms with Crippen LogP contribution in [0.2, 0.25) is 0 Å². The van der Waals surface area contributed by atoms with Gasteiger partial charge in [0.1, 0.15) is 5.82 Å². The van der Waals surface area contributed by atoms with Crippen molar-refractivity contribution < 1.29 is 8.42 Å². The minimum absolute atomic E-state index is 0.305. The molecule has 5 nitrogen and oxygen atoms in total. The van der Waals surface area contributed by atoms with Gasteiger partial charge in [-0.25, -0.2) is 8.42 Å². The van der Waals surface area contributed by atoms with Gasteiger partial charge in [0.05, 0.1) is 17.6 Å². The molecule has 118 valence electrons. The SMILES string of the molecule is CS(=O)(=O)c1ccc(-c2cnnc(NCc3cccs3)c2)cc1. The van der Waals surface area contributed by atoms with Crippen LogP contribution in [0.25, 0.3) is 11.1 Å². The summed E-state index contributed by atoms with van der Waals surface area (Å²) in [5.41, 5.74) is 1.78. The van der Waals surface area contributed by atoms with E-state index in [9.17, 15) is 8.42 Å². The standard InChI is InChI=1S/C16H15N3O2S2/c1-23(20,21)15-6-4-12(5-7-15)13-9-16(19-18-10-13)17-11-14-3-2-8-22-14/h2-10H,11H2,1H3,(H,17,19). The third kappa shape index (κ3) is 3.94. The molecule has 0 bridgehead atoms. The highest BCUT2D eigenvalue weighted by atomic mass is 32.2. The van der Waals surface area contributed by atoms with E-state index < -0.39 is 9.84 Å². The van der Waals surface area contributed by atoms with Crippen LogP contribution in [0.4, 0.5) is 5.82 Å². The van der Waals surface area contributed by atoms with Crippen molar-refractivity contribution in [1.29, 1.82) is 0 Å². The fraction of sp³-hybridized carbons (Fsp3) is 0.125. The zero-order valence-corrected chi connectivity index (χ0v) is 14.1. The summed E-state index contributed by atoms with van der Waals surface area (Å²) in [6, 6.07) is 12.7. The number of anilines is 1. The van der Waals surface area contributed by atoms with Crippen molar-refractivity contribution in [3.63, 3.8) is 0 Å². The van der Waals surface area contributed by atoms with Gasteiger partial charge in [-0.2, -0.15) is 5.10 Å². The fourth-order valence-corrected chi connectivity index (χ4v) is 3.37. The summed E-state index contributed by atoms with van der Waals surface area (Å²) in [5.74, 6) is 0.683. The fourth-order valence-electron chi connectivity index (χ4n) is 2.10. The van der Waals surface area contributed by atoms with E-state index in [-0.39, 0.29) is 0 Å². The van der Waals surface area contributed by atoms with Gasteiger partial charge in [0, 0.05) is 16.7 Å². The van der Waals surface area contributed by atoms with Gasteiger partial charge in [-0.15, -0.1) is 16.4 Å². The van der Waals surface area contributed by atoms with Crippen LogP contribution >= 0.6 is 11.3 Å². The molecule has 2 heterocycles. The molecule has 7 heteroatoms. The van der Waals surface area contributed by atoms with Gasteiger partial charge in [0.2, 0.25) is 0 Å². The molecule has 3 aromatic rings. The van der Waals surface area contributed by atoms with Gasteiger partial charge in [0.15, 0.2) is 9.84 Å². The van der Waals surface area contributed by atoms with Crippen molar-refractivity contribution in [1.82, 2.24) is 10.2 Å². The number of sulfone groups is 1. The van der Waals surface area contributed by atoms with Crippen LogP contribution in [0.5, 0.6) is 0 Å². The van der Waals surface area contributed by atoms with E-state index in [0.29, 0.717) is 17.3 Å². The lowest BCUT2D eigenvalue weighted by Crippen LogP contribution is -2.01. The Morgan fingerprint density at radius 2 is 1.91 bits per heavy atom. The zero-order chi connectivity index (χ0) is 16.3. The van der Waals surface area contributed by atoms with E-state index in [1.54, 1.807) is 41.8 Å². The molecule has 2 aromatic heterocycles. The molecule has 0 aliphatic carbocycles. The molecule has 0 atom stereocenters. The highest BCUT2D eigenvalue weighted by Gasteiger charge is 2.07. The lowest BCUT2D eigenvalue weighted by molar-refractivity contribution is 0.602. The molecule has 0 unspecified atom stereocenters. The Morgan fingerprint density at radius 1 is 1.13 bits per heavy atom. The maximum atomic E-state index is 11.5. The number of hydrogen-bond acceptors (Lipinski definition) is 6. The van der Waals surface area contributed by atoms with Crippen LogP contribution < -0.4 is 5.32 Å². The number of rotatable bonds is 5. The molecule has 0 aliphatic heterocycles. The van der Waals surface area contributed by atoms with Crippen molar-refractivity contribution in [2.24, 2.45) is 0 Å². The second-order valence-electron chi connectivity index (χ2n) is 5.06. The topological polar surface area (TPSA) is 72.0 Å². The summed E-state index contributed by atoms with van der Waals surface area (Å²) in [4.78, 5) is 1.52. The highest BCUT2D eigenvalue weighted by Crippen LogP contribution is 2.22. The van der Waals surface area contributed by atoms with Gasteiger partial charge in [0.25, 0.3) is 0 Å². The van der Waals surface area contributed by atoms with Gasteiger partial charge in [-0.05, 0) is 35.2 Å². The van der Waals surface area contributed by atoms with E-state index >= 15 is 0 Å². The summed E-state index contributed by atoms with van der Waals surface area (Å²) >= 11 is 1.68. The number of nitrogens with one attached hydrogen (secondary N) is 1. The van der Waals surface area contributed by atoms with E-state index in [1.807, 2.05) is 17.5 Å². The second-order valence-corrected chi connectivity index (χ2v) is 8.11. The second kappa shape index (κ2) is 6.47. The predicted molar refractivity (Wildman–Crippen MR) is 92.2 cm³/mol. The molecule has 0 radical (unpaired) electrons. The molecule has 0 amide bonds.